The van der Waals surface area contributed by atoms with Gasteiger partial charge in [-0.3, -0.25) is 0 Å². The Kier molecular flexibility index (Phi) is 1.22. The van der Waals surface area contributed by atoms with Crippen molar-refractivity contribution >= 4 is 0 Å². The molecule has 0 N–H and O–H groups in total. The maximum Gasteiger partial charge on any atom is -0.00933 e. The number of hydrogen-bond donors (Lipinski definition) is 0. The lowest BCUT2D eigenvalue weighted by atomic mass is 8.75. The lowest BCUT2D eigenvalue weighted by molar-refractivity contribution is -0.824. The van der Waals surface area contributed by atoms with Crippen LogP contribution in [0.2, 0.25) is 0 Å². The zero-order valence-corrected chi connectivity index (χ0v) is 20.3. The second kappa shape index (κ2) is 2.68. The molecule has 15 aliphatic rings. The normalized spacial score (nSPS) is 104. The third-order valence-corrected chi connectivity index (χ3v) is 22.5. The smallest absolute Gasteiger partial charge is 0.00933 e. The maximum atomic E-state index is 2.99. The molecule has 15 fully saturated rings. The Morgan fingerprint density at radius 3 is 1.75 bits per heavy atom. The zero-order valence-electron chi connectivity index (χ0n) is 20.3. The zero-order chi connectivity index (χ0) is 20.3. The Bertz CT molecular complexity index is 1360. The van der Waals surface area contributed by atoms with E-state index in [4.69, 9.17) is 0 Å². The van der Waals surface area contributed by atoms with Crippen LogP contribution in [0.25, 0.3) is 0 Å². The average molecular weight is 421 g/mol. The van der Waals surface area contributed by atoms with Crippen LogP contribution < -0.4 is 0 Å². The summed E-state index contributed by atoms with van der Waals surface area (Å²) < 4.78 is 0. The van der Waals surface area contributed by atoms with Gasteiger partial charge in [-0.25, -0.2) is 0 Å². The molecule has 0 aliphatic heterocycles. The second-order valence-electron chi connectivity index (χ2n) is 18.8. The minimum atomic E-state index is 0.585. The maximum absolute atomic E-state index is 2.99. The van der Waals surface area contributed by atoms with Gasteiger partial charge in [-0.05, 0) is 157 Å². The van der Waals surface area contributed by atoms with E-state index in [2.05, 4.69) is 34.6 Å². The molecule has 32 heavy (non-hydrogen) atoms. The van der Waals surface area contributed by atoms with E-state index in [1.165, 1.54) is 76.9 Å². The highest BCUT2D eigenvalue weighted by atomic mass is 15.3. The van der Waals surface area contributed by atoms with Crippen LogP contribution in [0, 0.1) is 138 Å². The minimum absolute atomic E-state index is 0.585. The van der Waals surface area contributed by atoms with Gasteiger partial charge in [0.05, 0.1) is 0 Å². The monoisotopic (exact) mass is 420 g/mol. The Morgan fingerprint density at radius 1 is 0.531 bits per heavy atom. The standard InChI is InChI=1S/C32H36/c1-9-14-18-22-20-16-11-6-10-7-12-17-21-23-19-15-13-8-25(4,24(9,2)3)28(13,14)26(15,5)29(18,19)31(22,23)32(20,21)30(16,17)27(10,11)12/h9-23H,6-8H2,1-5H3. The summed E-state index contributed by atoms with van der Waals surface area (Å²) in [6, 6.07) is 0. The fourth-order valence-corrected chi connectivity index (χ4v) is 24.3. The molecule has 15 rings (SSSR count). The van der Waals surface area contributed by atoms with Crippen LogP contribution in [0.5, 0.6) is 0 Å². The molecule has 23 atom stereocenters. The van der Waals surface area contributed by atoms with Gasteiger partial charge < -0.3 is 0 Å². The van der Waals surface area contributed by atoms with E-state index < -0.39 is 0 Å². The minimum Gasteiger partial charge on any atom is -0.0617 e. The fraction of sp³-hybridized carbons (Fsp3) is 1.00. The molecule has 0 amide bonds. The Labute approximate surface area is 191 Å². The van der Waals surface area contributed by atoms with Gasteiger partial charge in [0.2, 0.25) is 0 Å². The number of hydrogen-bond acceptors (Lipinski definition) is 0. The van der Waals surface area contributed by atoms with E-state index in [9.17, 15) is 0 Å². The first-order valence-corrected chi connectivity index (χ1v) is 15.3. The SMILES string of the molecule is CC1C2C3C4C5C6C7CC8CC9C%10C%11C%12C%13C%14C%15CC(C)(C1(C)C)C%152C%14(C)C%133C%124C%115C%106C897. The van der Waals surface area contributed by atoms with Crippen molar-refractivity contribution in [2.45, 2.75) is 53.9 Å². The molecule has 0 aromatic rings. The van der Waals surface area contributed by atoms with Crippen molar-refractivity contribution < 1.29 is 0 Å². The Hall–Kier alpha value is 0. The van der Waals surface area contributed by atoms with E-state index >= 15 is 0 Å². The first kappa shape index (κ1) is 14.5. The summed E-state index contributed by atoms with van der Waals surface area (Å²) in [5, 5.41) is 0. The third-order valence-electron chi connectivity index (χ3n) is 22.5. The van der Waals surface area contributed by atoms with Gasteiger partial charge >= 0.3 is 0 Å². The summed E-state index contributed by atoms with van der Waals surface area (Å²) in [5.74, 6) is 18.7. The Morgan fingerprint density at radius 2 is 1.09 bits per heavy atom. The average Bonchev–Trinajstić information content (AvgIpc) is 2.88. The molecule has 6 spiro atoms. The quantitative estimate of drug-likeness (QED) is 0.480. The number of rotatable bonds is 0. The summed E-state index contributed by atoms with van der Waals surface area (Å²) in [7, 11) is 0. The van der Waals surface area contributed by atoms with Crippen molar-refractivity contribution in [2.24, 2.45) is 138 Å². The van der Waals surface area contributed by atoms with Crippen molar-refractivity contribution in [3.05, 3.63) is 0 Å². The molecule has 0 aromatic carbocycles. The molecule has 164 valence electrons. The highest BCUT2D eigenvalue weighted by molar-refractivity contribution is 5.75. The van der Waals surface area contributed by atoms with Crippen LogP contribution >= 0.6 is 0 Å². The van der Waals surface area contributed by atoms with Crippen molar-refractivity contribution in [2.75, 3.05) is 0 Å². The molecule has 15 aliphatic carbocycles. The first-order chi connectivity index (χ1) is 15.3. The molecule has 0 saturated heterocycles. The van der Waals surface area contributed by atoms with Crippen molar-refractivity contribution in [1.29, 1.82) is 0 Å². The van der Waals surface area contributed by atoms with E-state index in [-0.39, 0.29) is 0 Å². The van der Waals surface area contributed by atoms with Crippen LogP contribution in [-0.4, -0.2) is 0 Å². The highest BCUT2D eigenvalue weighted by Crippen LogP contribution is 3.31. The van der Waals surface area contributed by atoms with Gasteiger partial charge in [-0.2, -0.15) is 0 Å². The van der Waals surface area contributed by atoms with Crippen LogP contribution in [0.4, 0.5) is 0 Å². The molecule has 0 heteroatoms. The van der Waals surface area contributed by atoms with Crippen molar-refractivity contribution in [3.8, 4) is 0 Å². The highest BCUT2D eigenvalue weighted by Gasteiger charge is 3.29. The largest absolute Gasteiger partial charge is 0.0617 e. The summed E-state index contributed by atoms with van der Waals surface area (Å²) in [4.78, 5) is 0. The van der Waals surface area contributed by atoms with E-state index in [1.807, 2.05) is 0 Å². The fourth-order valence-electron chi connectivity index (χ4n) is 24.3. The van der Waals surface area contributed by atoms with E-state index in [0.717, 1.165) is 49.7 Å². The van der Waals surface area contributed by atoms with Crippen LogP contribution in [0.1, 0.15) is 53.9 Å². The van der Waals surface area contributed by atoms with Crippen LogP contribution in [0.3, 0.4) is 0 Å². The van der Waals surface area contributed by atoms with Gasteiger partial charge in [-0.1, -0.05) is 34.6 Å². The summed E-state index contributed by atoms with van der Waals surface area (Å²) in [6.45, 7) is 14.1. The molecule has 0 radical (unpaired) electrons. The number of fused-ring (bicyclic) bond motifs is 11. The topological polar surface area (TPSA) is 0 Å². The molecule has 0 nitrogen and oxygen atoms in total. The summed E-state index contributed by atoms with van der Waals surface area (Å²) in [5.41, 5.74) is 7.91. The van der Waals surface area contributed by atoms with Crippen molar-refractivity contribution in [1.82, 2.24) is 0 Å². The van der Waals surface area contributed by atoms with Crippen LogP contribution in [0.15, 0.2) is 0 Å². The van der Waals surface area contributed by atoms with Crippen LogP contribution in [-0.2, 0) is 0 Å². The van der Waals surface area contributed by atoms with E-state index in [0.29, 0.717) is 10.8 Å². The van der Waals surface area contributed by atoms with Crippen molar-refractivity contribution in [3.63, 3.8) is 0 Å². The van der Waals surface area contributed by atoms with Gasteiger partial charge in [0, 0.05) is 0 Å². The van der Waals surface area contributed by atoms with E-state index in [1.54, 1.807) is 19.3 Å². The summed E-state index contributed by atoms with van der Waals surface area (Å²) in [6.07, 6.45) is 5.06. The molecule has 15 saturated carbocycles. The van der Waals surface area contributed by atoms with Gasteiger partial charge in [-0.15, -0.1) is 0 Å². The molecular formula is C32H36. The summed E-state index contributed by atoms with van der Waals surface area (Å²) >= 11 is 0. The van der Waals surface area contributed by atoms with Gasteiger partial charge in [0.1, 0.15) is 0 Å². The predicted molar refractivity (Wildman–Crippen MR) is 116 cm³/mol. The molecule has 23 unspecified atom stereocenters. The third kappa shape index (κ3) is 0.507. The van der Waals surface area contributed by atoms with Gasteiger partial charge in [0.15, 0.2) is 0 Å². The van der Waals surface area contributed by atoms with Gasteiger partial charge in [0.25, 0.3) is 0 Å². The molecule has 0 heterocycles. The predicted octanol–water partition coefficient (Wildman–Crippen LogP) is 5.58. The molecule has 0 aromatic heterocycles. The molecular weight excluding hydrogens is 384 g/mol. The lowest BCUT2D eigenvalue weighted by Crippen LogP contribution is -3.26. The molecule has 0 bridgehead atoms. The lowest BCUT2D eigenvalue weighted by Gasteiger charge is -3.28. The Balaban J connectivity index is 1.05. The first-order valence-electron chi connectivity index (χ1n) is 15.3. The second-order valence-corrected chi connectivity index (χ2v) is 18.8.